The Morgan fingerprint density at radius 1 is 1.00 bits per heavy atom. The number of aromatic nitrogens is 1. The Hall–Kier alpha value is -2.70. The lowest BCUT2D eigenvalue weighted by Crippen LogP contribution is -1.79. The van der Waals surface area contributed by atoms with Gasteiger partial charge in [-0.2, -0.15) is 5.26 Å². The molecule has 0 N–H and O–H groups in total. The average molecular weight is 302 g/mol. The highest BCUT2D eigenvalue weighted by atomic mass is 32.1. The van der Waals surface area contributed by atoms with Crippen LogP contribution < -0.4 is 0 Å². The maximum Gasteiger partial charge on any atom is 0.116 e. The zero-order valence-corrected chi connectivity index (χ0v) is 13.0. The van der Waals surface area contributed by atoms with Crippen LogP contribution in [-0.2, 0) is 0 Å². The Kier molecular flexibility index (Phi) is 4.13. The van der Waals surface area contributed by atoms with Gasteiger partial charge in [-0.25, -0.2) is 4.98 Å². The second-order valence-electron chi connectivity index (χ2n) is 5.00. The molecule has 0 bridgehead atoms. The largest absolute Gasteiger partial charge is 0.237 e. The molecule has 3 aromatic rings. The van der Waals surface area contributed by atoms with E-state index in [4.69, 9.17) is 5.26 Å². The number of aryl methyl sites for hydroxylation is 1. The van der Waals surface area contributed by atoms with Crippen molar-refractivity contribution in [2.45, 2.75) is 6.92 Å². The highest BCUT2D eigenvalue weighted by molar-refractivity contribution is 7.10. The molecule has 0 atom stereocenters. The van der Waals surface area contributed by atoms with E-state index < -0.39 is 0 Å². The molecule has 0 spiro atoms. The number of thiazole rings is 1. The molecule has 1 heterocycles. The second-order valence-corrected chi connectivity index (χ2v) is 5.89. The molecule has 2 nitrogen and oxygen atoms in total. The van der Waals surface area contributed by atoms with E-state index in [2.05, 4.69) is 47.6 Å². The summed E-state index contributed by atoms with van der Waals surface area (Å²) in [5.41, 5.74) is 5.13. The van der Waals surface area contributed by atoms with Crippen LogP contribution in [-0.4, -0.2) is 4.98 Å². The van der Waals surface area contributed by atoms with Gasteiger partial charge in [-0.3, -0.25) is 0 Å². The van der Waals surface area contributed by atoms with Gasteiger partial charge in [0.2, 0.25) is 0 Å². The van der Waals surface area contributed by atoms with Crippen LogP contribution in [0.4, 0.5) is 0 Å². The molecule has 2 aromatic carbocycles. The first kappa shape index (κ1) is 14.2. The van der Waals surface area contributed by atoms with Gasteiger partial charge < -0.3 is 0 Å². The molecule has 3 heteroatoms. The molecule has 106 valence electrons. The fourth-order valence-corrected chi connectivity index (χ4v) is 2.78. The summed E-state index contributed by atoms with van der Waals surface area (Å²) in [5, 5.41) is 11.8. The highest BCUT2D eigenvalue weighted by Crippen LogP contribution is 2.23. The normalized spacial score (nSPS) is 10.7. The maximum absolute atomic E-state index is 8.79. The fourth-order valence-electron chi connectivity index (χ4n) is 2.06. The first-order chi connectivity index (χ1) is 10.7. The highest BCUT2D eigenvalue weighted by Gasteiger charge is 2.02. The molecule has 0 unspecified atom stereocenters. The Bertz CT molecular complexity index is 834. The van der Waals surface area contributed by atoms with Crippen molar-refractivity contribution in [1.82, 2.24) is 4.98 Å². The molecular weight excluding hydrogens is 288 g/mol. The molecule has 0 aliphatic carbocycles. The Morgan fingerprint density at radius 2 is 1.73 bits per heavy atom. The Labute approximate surface area is 134 Å². The van der Waals surface area contributed by atoms with Crippen molar-refractivity contribution in [2.75, 3.05) is 0 Å². The number of hydrogen-bond acceptors (Lipinski definition) is 3. The third-order valence-electron chi connectivity index (χ3n) is 3.33. The van der Waals surface area contributed by atoms with Crippen molar-refractivity contribution < 1.29 is 0 Å². The van der Waals surface area contributed by atoms with Gasteiger partial charge in [0.25, 0.3) is 0 Å². The van der Waals surface area contributed by atoms with E-state index in [1.54, 1.807) is 11.3 Å². The van der Waals surface area contributed by atoms with Crippen molar-refractivity contribution in [2.24, 2.45) is 0 Å². The molecule has 0 saturated carbocycles. The molecule has 0 fully saturated rings. The van der Waals surface area contributed by atoms with Crippen LogP contribution in [0.2, 0.25) is 0 Å². The summed E-state index contributed by atoms with van der Waals surface area (Å²) in [5.74, 6) is 0. The van der Waals surface area contributed by atoms with Crippen molar-refractivity contribution in [3.05, 3.63) is 75.6 Å². The van der Waals surface area contributed by atoms with Crippen LogP contribution in [0.3, 0.4) is 0 Å². The van der Waals surface area contributed by atoms with Gasteiger partial charge in [0.15, 0.2) is 0 Å². The number of nitriles is 1. The van der Waals surface area contributed by atoms with Gasteiger partial charge in [-0.05, 0) is 30.7 Å². The minimum Gasteiger partial charge on any atom is -0.237 e. The lowest BCUT2D eigenvalue weighted by atomic mass is 10.1. The van der Waals surface area contributed by atoms with Crippen LogP contribution in [0.5, 0.6) is 0 Å². The van der Waals surface area contributed by atoms with Gasteiger partial charge in [0.05, 0.1) is 17.3 Å². The van der Waals surface area contributed by atoms with Gasteiger partial charge in [-0.15, -0.1) is 11.3 Å². The van der Waals surface area contributed by atoms with Gasteiger partial charge in [0.1, 0.15) is 5.01 Å². The van der Waals surface area contributed by atoms with Crippen LogP contribution in [0.15, 0.2) is 53.9 Å². The topological polar surface area (TPSA) is 36.7 Å². The maximum atomic E-state index is 8.79. The minimum absolute atomic E-state index is 0.674. The fraction of sp³-hybridized carbons (Fsp3) is 0.0526. The predicted molar refractivity (Wildman–Crippen MR) is 92.4 cm³/mol. The zero-order chi connectivity index (χ0) is 15.4. The third-order valence-corrected chi connectivity index (χ3v) is 4.14. The van der Waals surface area contributed by atoms with Crippen LogP contribution in [0, 0.1) is 18.3 Å². The summed E-state index contributed by atoms with van der Waals surface area (Å²) in [6.07, 6.45) is 4.02. The zero-order valence-electron chi connectivity index (χ0n) is 12.2. The predicted octanol–water partition coefficient (Wildman–Crippen LogP) is 5.16. The Morgan fingerprint density at radius 3 is 2.41 bits per heavy atom. The minimum atomic E-state index is 0.674. The summed E-state index contributed by atoms with van der Waals surface area (Å²) < 4.78 is 0. The van der Waals surface area contributed by atoms with Crippen molar-refractivity contribution >= 4 is 23.5 Å². The molecule has 0 aliphatic rings. The van der Waals surface area contributed by atoms with Crippen molar-refractivity contribution in [1.29, 1.82) is 5.26 Å². The van der Waals surface area contributed by atoms with E-state index in [0.29, 0.717) is 5.56 Å². The monoisotopic (exact) mass is 302 g/mol. The quantitative estimate of drug-likeness (QED) is 0.670. The second kappa shape index (κ2) is 6.38. The summed E-state index contributed by atoms with van der Waals surface area (Å²) >= 11 is 1.63. The van der Waals surface area contributed by atoms with E-state index in [1.807, 2.05) is 36.4 Å². The molecule has 0 amide bonds. The van der Waals surface area contributed by atoms with Crippen molar-refractivity contribution in [3.63, 3.8) is 0 Å². The molecular formula is C19H14N2S. The van der Waals surface area contributed by atoms with E-state index in [1.165, 1.54) is 5.56 Å². The molecule has 0 aliphatic heterocycles. The number of nitrogens with zero attached hydrogens (tertiary/aromatic N) is 2. The van der Waals surface area contributed by atoms with E-state index >= 15 is 0 Å². The SMILES string of the molecule is Cc1ccc(-c2csc(C=Cc3ccc(C#N)cc3)n2)cc1. The standard InChI is InChI=1S/C19H14N2S/c1-14-2-9-17(10-3-14)18-13-22-19(21-18)11-8-15-4-6-16(12-20)7-5-15/h2-11,13H,1H3. The number of hydrogen-bond donors (Lipinski definition) is 0. The van der Waals surface area contributed by atoms with E-state index in [-0.39, 0.29) is 0 Å². The van der Waals surface area contributed by atoms with Crippen molar-refractivity contribution in [3.8, 4) is 17.3 Å². The summed E-state index contributed by atoms with van der Waals surface area (Å²) in [7, 11) is 0. The summed E-state index contributed by atoms with van der Waals surface area (Å²) in [6, 6.07) is 18.0. The summed E-state index contributed by atoms with van der Waals surface area (Å²) in [6.45, 7) is 2.08. The molecule has 22 heavy (non-hydrogen) atoms. The lowest BCUT2D eigenvalue weighted by molar-refractivity contribution is 1.37. The lowest BCUT2D eigenvalue weighted by Gasteiger charge is -1.96. The molecule has 0 radical (unpaired) electrons. The molecule has 1 aromatic heterocycles. The smallest absolute Gasteiger partial charge is 0.116 e. The average Bonchev–Trinajstić information content (AvgIpc) is 3.03. The van der Waals surface area contributed by atoms with Gasteiger partial charge >= 0.3 is 0 Å². The molecule has 3 rings (SSSR count). The van der Waals surface area contributed by atoms with Crippen LogP contribution in [0.25, 0.3) is 23.4 Å². The van der Waals surface area contributed by atoms with E-state index in [9.17, 15) is 0 Å². The first-order valence-electron chi connectivity index (χ1n) is 6.95. The molecule has 0 saturated heterocycles. The van der Waals surface area contributed by atoms with E-state index in [0.717, 1.165) is 21.8 Å². The Balaban J connectivity index is 1.77. The van der Waals surface area contributed by atoms with Gasteiger partial charge in [-0.1, -0.05) is 48.0 Å². The number of benzene rings is 2. The third kappa shape index (κ3) is 3.30. The van der Waals surface area contributed by atoms with Gasteiger partial charge in [0, 0.05) is 10.9 Å². The van der Waals surface area contributed by atoms with Crippen LogP contribution in [0.1, 0.15) is 21.7 Å². The summed E-state index contributed by atoms with van der Waals surface area (Å²) in [4.78, 5) is 4.64. The van der Waals surface area contributed by atoms with Crippen LogP contribution >= 0.6 is 11.3 Å². The first-order valence-corrected chi connectivity index (χ1v) is 7.83. The number of rotatable bonds is 3.